The van der Waals surface area contributed by atoms with E-state index in [-0.39, 0.29) is 11.4 Å². The first-order valence-electron chi connectivity index (χ1n) is 6.00. The van der Waals surface area contributed by atoms with Crippen LogP contribution < -0.4 is 5.73 Å². The van der Waals surface area contributed by atoms with Gasteiger partial charge >= 0.3 is 0 Å². The number of para-hydroxylation sites is 1. The zero-order chi connectivity index (χ0) is 13.6. The molecule has 0 radical (unpaired) electrons. The highest BCUT2D eigenvalue weighted by Gasteiger charge is 2.19. The molecule has 0 amide bonds. The number of hydrogen-bond donors (Lipinski definition) is 1. The average molecular weight is 259 g/mol. The van der Waals surface area contributed by atoms with Crippen molar-refractivity contribution in [3.8, 4) is 0 Å². The first-order chi connectivity index (χ1) is 9.06. The molecule has 5 heteroatoms. The molecule has 1 atom stereocenters. The minimum atomic E-state index is -0.460. The van der Waals surface area contributed by atoms with Gasteiger partial charge in [0.25, 0.3) is 0 Å². The first-order valence-corrected chi connectivity index (χ1v) is 6.00. The molecule has 4 nitrogen and oxygen atoms in total. The third-order valence-corrected chi connectivity index (χ3v) is 3.18. The summed E-state index contributed by atoms with van der Waals surface area (Å²) in [5, 5.41) is 4.96. The number of rotatable bonds is 2. The molecule has 0 aliphatic rings. The normalized spacial score (nSPS) is 13.1. The summed E-state index contributed by atoms with van der Waals surface area (Å²) < 4.78 is 20.8. The maximum atomic E-state index is 13.6. The minimum absolute atomic E-state index is 0.242. The van der Waals surface area contributed by atoms with E-state index in [4.69, 9.17) is 10.2 Å². The van der Waals surface area contributed by atoms with Gasteiger partial charge in [0.1, 0.15) is 11.8 Å². The van der Waals surface area contributed by atoms with Crippen LogP contribution in [0.4, 0.5) is 4.39 Å². The van der Waals surface area contributed by atoms with Gasteiger partial charge in [0, 0.05) is 12.4 Å². The molecule has 98 valence electrons. The van der Waals surface area contributed by atoms with Crippen LogP contribution in [0.3, 0.4) is 0 Å². The second kappa shape index (κ2) is 4.20. The Morgan fingerprint density at radius 2 is 2.16 bits per heavy atom. The number of aryl methyl sites for hydroxylation is 2. The summed E-state index contributed by atoms with van der Waals surface area (Å²) in [6, 6.07) is 8.02. The molecule has 3 rings (SSSR count). The lowest BCUT2D eigenvalue weighted by atomic mass is 10.1. The lowest BCUT2D eigenvalue weighted by Gasteiger charge is -2.08. The van der Waals surface area contributed by atoms with Crippen molar-refractivity contribution in [2.75, 3.05) is 0 Å². The Balaban J connectivity index is 2.09. The number of benzene rings is 1. The van der Waals surface area contributed by atoms with Crippen LogP contribution in [0.5, 0.6) is 0 Å². The van der Waals surface area contributed by atoms with Crippen molar-refractivity contribution < 1.29 is 8.81 Å². The number of hydrogen-bond acceptors (Lipinski definition) is 3. The summed E-state index contributed by atoms with van der Waals surface area (Å²) in [4.78, 5) is 0. The van der Waals surface area contributed by atoms with Gasteiger partial charge in [-0.1, -0.05) is 12.1 Å². The molecular weight excluding hydrogens is 245 g/mol. The monoisotopic (exact) mass is 259 g/mol. The molecule has 0 bridgehead atoms. The Morgan fingerprint density at radius 1 is 1.37 bits per heavy atom. The molecule has 19 heavy (non-hydrogen) atoms. The summed E-state index contributed by atoms with van der Waals surface area (Å²) in [6.07, 6.45) is 0. The highest BCUT2D eigenvalue weighted by atomic mass is 19.1. The molecule has 0 spiro atoms. The highest BCUT2D eigenvalue weighted by molar-refractivity contribution is 5.78. The van der Waals surface area contributed by atoms with Crippen LogP contribution in [-0.4, -0.2) is 9.78 Å². The van der Waals surface area contributed by atoms with Crippen LogP contribution in [-0.2, 0) is 7.05 Å². The molecule has 2 heterocycles. The summed E-state index contributed by atoms with van der Waals surface area (Å²) in [6.45, 7) is 1.90. The van der Waals surface area contributed by atoms with Gasteiger partial charge in [-0.2, -0.15) is 5.10 Å². The Hall–Kier alpha value is -2.14. The van der Waals surface area contributed by atoms with Gasteiger partial charge < -0.3 is 10.2 Å². The average Bonchev–Trinajstić information content (AvgIpc) is 2.93. The molecule has 2 N–H and O–H groups in total. The number of nitrogens with two attached hydrogens (primary N) is 1. The zero-order valence-corrected chi connectivity index (χ0v) is 10.7. The molecule has 0 fully saturated rings. The second-order valence-corrected chi connectivity index (χ2v) is 4.62. The molecule has 1 unspecified atom stereocenters. The quantitative estimate of drug-likeness (QED) is 0.769. The molecule has 1 aromatic carbocycles. The summed E-state index contributed by atoms with van der Waals surface area (Å²) >= 11 is 0. The van der Waals surface area contributed by atoms with Crippen LogP contribution in [0.2, 0.25) is 0 Å². The summed E-state index contributed by atoms with van der Waals surface area (Å²) in [7, 11) is 1.82. The van der Waals surface area contributed by atoms with Crippen molar-refractivity contribution in [3.05, 3.63) is 53.3 Å². The van der Waals surface area contributed by atoms with Crippen LogP contribution in [0.15, 0.2) is 34.7 Å². The van der Waals surface area contributed by atoms with Gasteiger partial charge in [-0.3, -0.25) is 4.68 Å². The van der Waals surface area contributed by atoms with Crippen molar-refractivity contribution in [2.45, 2.75) is 13.0 Å². The largest absolute Gasteiger partial charge is 0.456 e. The summed E-state index contributed by atoms with van der Waals surface area (Å²) in [5.74, 6) is 0.153. The topological polar surface area (TPSA) is 57.0 Å². The smallest absolute Gasteiger partial charge is 0.169 e. The van der Waals surface area contributed by atoms with Crippen LogP contribution in [0.25, 0.3) is 11.0 Å². The number of aromatic nitrogens is 2. The van der Waals surface area contributed by atoms with E-state index < -0.39 is 6.04 Å². The van der Waals surface area contributed by atoms with Crippen LogP contribution in [0.1, 0.15) is 23.2 Å². The fourth-order valence-corrected chi connectivity index (χ4v) is 2.27. The molecule has 2 aromatic heterocycles. The Kier molecular flexibility index (Phi) is 2.64. The molecule has 0 saturated heterocycles. The van der Waals surface area contributed by atoms with Crippen molar-refractivity contribution >= 4 is 11.0 Å². The second-order valence-electron chi connectivity index (χ2n) is 4.62. The number of halogens is 1. The van der Waals surface area contributed by atoms with Crippen molar-refractivity contribution in [2.24, 2.45) is 12.8 Å². The SMILES string of the molecule is Cc1cc(C(N)c2cc3cccc(F)c3o2)n(C)n1. The highest BCUT2D eigenvalue weighted by Crippen LogP contribution is 2.28. The Labute approximate surface area is 109 Å². The van der Waals surface area contributed by atoms with E-state index >= 15 is 0 Å². The molecular formula is C14H14FN3O. The minimum Gasteiger partial charge on any atom is -0.456 e. The molecule has 0 aliphatic carbocycles. The van der Waals surface area contributed by atoms with E-state index in [0.29, 0.717) is 11.1 Å². The van der Waals surface area contributed by atoms with Crippen molar-refractivity contribution in [1.29, 1.82) is 0 Å². The van der Waals surface area contributed by atoms with Gasteiger partial charge in [0.2, 0.25) is 0 Å². The number of furan rings is 1. The van der Waals surface area contributed by atoms with Crippen molar-refractivity contribution in [3.63, 3.8) is 0 Å². The lowest BCUT2D eigenvalue weighted by molar-refractivity contribution is 0.491. The van der Waals surface area contributed by atoms with Crippen molar-refractivity contribution in [1.82, 2.24) is 9.78 Å². The lowest BCUT2D eigenvalue weighted by Crippen LogP contribution is -2.15. The van der Waals surface area contributed by atoms with Gasteiger partial charge in [0.15, 0.2) is 11.4 Å². The van der Waals surface area contributed by atoms with Gasteiger partial charge in [-0.05, 0) is 25.1 Å². The maximum absolute atomic E-state index is 13.6. The fourth-order valence-electron chi connectivity index (χ4n) is 2.27. The van der Waals surface area contributed by atoms with Crippen LogP contribution >= 0.6 is 0 Å². The molecule has 0 aliphatic heterocycles. The molecule has 3 aromatic rings. The predicted octanol–water partition coefficient (Wildman–Crippen LogP) is 2.66. The number of fused-ring (bicyclic) bond motifs is 1. The van der Waals surface area contributed by atoms with Gasteiger partial charge in [-0.15, -0.1) is 0 Å². The van der Waals surface area contributed by atoms with E-state index in [1.54, 1.807) is 22.9 Å². The first kappa shape index (κ1) is 11.9. The van der Waals surface area contributed by atoms with E-state index in [1.165, 1.54) is 6.07 Å². The Bertz CT molecular complexity index is 744. The maximum Gasteiger partial charge on any atom is 0.169 e. The molecule has 0 saturated carbocycles. The van der Waals surface area contributed by atoms with Crippen LogP contribution in [0, 0.1) is 12.7 Å². The fraction of sp³-hybridized carbons (Fsp3) is 0.214. The van der Waals surface area contributed by atoms with E-state index in [0.717, 1.165) is 11.4 Å². The van der Waals surface area contributed by atoms with Gasteiger partial charge in [-0.25, -0.2) is 4.39 Å². The van der Waals surface area contributed by atoms with E-state index in [9.17, 15) is 4.39 Å². The number of nitrogens with zero attached hydrogens (tertiary/aromatic N) is 2. The Morgan fingerprint density at radius 3 is 2.79 bits per heavy atom. The van der Waals surface area contributed by atoms with E-state index in [1.807, 2.05) is 20.0 Å². The third kappa shape index (κ3) is 1.92. The van der Waals surface area contributed by atoms with Gasteiger partial charge in [0.05, 0.1) is 11.4 Å². The predicted molar refractivity (Wildman–Crippen MR) is 70.1 cm³/mol. The summed E-state index contributed by atoms with van der Waals surface area (Å²) in [5.41, 5.74) is 8.12. The third-order valence-electron chi connectivity index (χ3n) is 3.18. The standard InChI is InChI=1S/C14H14FN3O/c1-8-6-11(18(2)17-8)13(16)12-7-9-4-3-5-10(15)14(9)19-12/h3-7,13H,16H2,1-2H3. The zero-order valence-electron chi connectivity index (χ0n) is 10.7. The van der Waals surface area contributed by atoms with E-state index in [2.05, 4.69) is 5.10 Å².